The summed E-state index contributed by atoms with van der Waals surface area (Å²) in [5, 5.41) is 3.19. The Balaban J connectivity index is 1.86. The number of benzene rings is 1. The molecule has 0 spiro atoms. The molecule has 1 saturated heterocycles. The Labute approximate surface area is 133 Å². The molecule has 1 fully saturated rings. The van der Waals surface area contributed by atoms with Gasteiger partial charge in [-0.05, 0) is 24.3 Å². The molecule has 3 rings (SSSR count). The van der Waals surface area contributed by atoms with Crippen LogP contribution in [0.1, 0.15) is 9.67 Å². The average molecular weight is 336 g/mol. The summed E-state index contributed by atoms with van der Waals surface area (Å²) in [6.07, 6.45) is 0. The minimum Gasteiger partial charge on any atom is -0.335 e. The van der Waals surface area contributed by atoms with Gasteiger partial charge in [0, 0.05) is 26.2 Å². The Morgan fingerprint density at radius 1 is 1.05 bits per heavy atom. The summed E-state index contributed by atoms with van der Waals surface area (Å²) in [5.74, 6) is -0.0963. The molecule has 1 N–H and O–H groups in total. The molecule has 0 bridgehead atoms. The van der Waals surface area contributed by atoms with Crippen LogP contribution in [-0.2, 0) is 9.84 Å². The van der Waals surface area contributed by atoms with Crippen LogP contribution in [0.5, 0.6) is 0 Å². The van der Waals surface area contributed by atoms with Crippen LogP contribution in [0.4, 0.5) is 0 Å². The second-order valence-electron chi connectivity index (χ2n) is 4.98. The minimum absolute atomic E-state index is 0.0963. The average Bonchev–Trinajstić information content (AvgIpc) is 3.06. The Hall–Kier alpha value is -1.70. The lowest BCUT2D eigenvalue weighted by molar-refractivity contribution is 0.0740. The van der Waals surface area contributed by atoms with E-state index in [1.54, 1.807) is 41.3 Å². The number of nitrogens with zero attached hydrogens (tertiary/aromatic N) is 1. The summed E-state index contributed by atoms with van der Waals surface area (Å²) in [6.45, 7) is 2.84. The first-order valence-corrected chi connectivity index (χ1v) is 9.29. The van der Waals surface area contributed by atoms with E-state index in [2.05, 4.69) is 5.32 Å². The fourth-order valence-electron chi connectivity index (χ4n) is 2.32. The second kappa shape index (κ2) is 6.20. The molecule has 1 aromatic carbocycles. The Bertz CT molecular complexity index is 763. The standard InChI is InChI=1S/C15H16N2O3S2/c18-15(17-10-8-16-9-11-17)13-6-7-14(21-13)22(19,20)12-4-2-1-3-5-12/h1-7,16H,8-11H2. The number of hydrogen-bond donors (Lipinski definition) is 1. The summed E-state index contributed by atoms with van der Waals surface area (Å²) in [6, 6.07) is 11.4. The molecule has 22 heavy (non-hydrogen) atoms. The topological polar surface area (TPSA) is 66.5 Å². The molecule has 1 aliphatic rings. The van der Waals surface area contributed by atoms with Gasteiger partial charge in [-0.1, -0.05) is 18.2 Å². The molecule has 0 radical (unpaired) electrons. The number of hydrogen-bond acceptors (Lipinski definition) is 5. The lowest BCUT2D eigenvalue weighted by atomic mass is 10.3. The van der Waals surface area contributed by atoms with E-state index in [0.717, 1.165) is 24.4 Å². The summed E-state index contributed by atoms with van der Waals surface area (Å²) >= 11 is 1.04. The molecule has 0 saturated carbocycles. The highest BCUT2D eigenvalue weighted by molar-refractivity contribution is 7.93. The van der Waals surface area contributed by atoms with Crippen molar-refractivity contribution < 1.29 is 13.2 Å². The summed E-state index contributed by atoms with van der Waals surface area (Å²) in [7, 11) is -3.55. The van der Waals surface area contributed by atoms with E-state index >= 15 is 0 Å². The molecule has 1 aliphatic heterocycles. The summed E-state index contributed by atoms with van der Waals surface area (Å²) in [5.41, 5.74) is 0. The zero-order valence-corrected chi connectivity index (χ0v) is 13.5. The van der Waals surface area contributed by atoms with E-state index in [9.17, 15) is 13.2 Å². The Morgan fingerprint density at radius 3 is 2.41 bits per heavy atom. The number of carbonyl (C=O) groups excluding carboxylic acids is 1. The van der Waals surface area contributed by atoms with Gasteiger partial charge < -0.3 is 10.2 Å². The maximum Gasteiger partial charge on any atom is 0.264 e. The maximum absolute atomic E-state index is 12.5. The van der Waals surface area contributed by atoms with Crippen molar-refractivity contribution in [3.05, 3.63) is 47.3 Å². The van der Waals surface area contributed by atoms with E-state index in [0.29, 0.717) is 18.0 Å². The van der Waals surface area contributed by atoms with Crippen LogP contribution >= 0.6 is 11.3 Å². The Morgan fingerprint density at radius 2 is 1.73 bits per heavy atom. The smallest absolute Gasteiger partial charge is 0.264 e. The van der Waals surface area contributed by atoms with Crippen LogP contribution in [0.25, 0.3) is 0 Å². The van der Waals surface area contributed by atoms with Gasteiger partial charge in [0.05, 0.1) is 9.77 Å². The predicted octanol–water partition coefficient (Wildman–Crippen LogP) is 1.63. The van der Waals surface area contributed by atoms with Crippen LogP contribution < -0.4 is 5.32 Å². The van der Waals surface area contributed by atoms with E-state index < -0.39 is 9.84 Å². The third-order valence-corrected chi connectivity index (χ3v) is 6.85. The van der Waals surface area contributed by atoms with Crippen LogP contribution in [-0.4, -0.2) is 45.4 Å². The van der Waals surface area contributed by atoms with Crippen LogP contribution in [0, 0.1) is 0 Å². The third-order valence-electron chi connectivity index (χ3n) is 3.51. The molecule has 5 nitrogen and oxygen atoms in total. The maximum atomic E-state index is 12.5. The van der Waals surface area contributed by atoms with Gasteiger partial charge in [-0.15, -0.1) is 11.3 Å². The van der Waals surface area contributed by atoms with E-state index in [4.69, 9.17) is 0 Å². The van der Waals surface area contributed by atoms with Crippen molar-refractivity contribution in [3.8, 4) is 0 Å². The number of carbonyl (C=O) groups is 1. The number of rotatable bonds is 3. The number of amides is 1. The molecule has 1 aromatic heterocycles. The molecule has 0 aliphatic carbocycles. The van der Waals surface area contributed by atoms with Crippen molar-refractivity contribution >= 4 is 27.1 Å². The normalized spacial score (nSPS) is 15.7. The number of thiophene rings is 1. The van der Waals surface area contributed by atoms with Crippen LogP contribution in [0.3, 0.4) is 0 Å². The number of piperazine rings is 1. The molecule has 0 unspecified atom stereocenters. The van der Waals surface area contributed by atoms with Gasteiger partial charge >= 0.3 is 0 Å². The van der Waals surface area contributed by atoms with E-state index in [1.165, 1.54) is 6.07 Å². The highest BCUT2D eigenvalue weighted by atomic mass is 32.2. The zero-order valence-electron chi connectivity index (χ0n) is 11.9. The Kier molecular flexibility index (Phi) is 4.28. The molecule has 1 amide bonds. The van der Waals surface area contributed by atoms with Gasteiger partial charge in [0.2, 0.25) is 9.84 Å². The van der Waals surface area contributed by atoms with E-state index in [1.807, 2.05) is 0 Å². The van der Waals surface area contributed by atoms with Gasteiger partial charge in [0.25, 0.3) is 5.91 Å². The first kappa shape index (κ1) is 15.2. The number of nitrogens with one attached hydrogen (secondary N) is 1. The van der Waals surface area contributed by atoms with Gasteiger partial charge in [-0.25, -0.2) is 8.42 Å². The van der Waals surface area contributed by atoms with Gasteiger partial charge in [-0.3, -0.25) is 4.79 Å². The molecular formula is C15H16N2O3S2. The monoisotopic (exact) mass is 336 g/mol. The van der Waals surface area contributed by atoms with Gasteiger partial charge in [-0.2, -0.15) is 0 Å². The molecule has 7 heteroatoms. The van der Waals surface area contributed by atoms with E-state index in [-0.39, 0.29) is 15.0 Å². The lowest BCUT2D eigenvalue weighted by Gasteiger charge is -2.26. The van der Waals surface area contributed by atoms with Crippen molar-refractivity contribution in [2.75, 3.05) is 26.2 Å². The van der Waals surface area contributed by atoms with Crippen molar-refractivity contribution in [2.45, 2.75) is 9.10 Å². The van der Waals surface area contributed by atoms with Crippen molar-refractivity contribution in [1.82, 2.24) is 10.2 Å². The van der Waals surface area contributed by atoms with Gasteiger partial charge in [0.15, 0.2) is 0 Å². The van der Waals surface area contributed by atoms with Crippen molar-refractivity contribution in [3.63, 3.8) is 0 Å². The summed E-state index contributed by atoms with van der Waals surface area (Å²) < 4.78 is 25.2. The lowest BCUT2D eigenvalue weighted by Crippen LogP contribution is -2.46. The zero-order chi connectivity index (χ0) is 15.6. The fourth-order valence-corrected chi connectivity index (χ4v) is 5.02. The highest BCUT2D eigenvalue weighted by Crippen LogP contribution is 2.28. The quantitative estimate of drug-likeness (QED) is 0.925. The van der Waals surface area contributed by atoms with Crippen LogP contribution in [0.2, 0.25) is 0 Å². The fraction of sp³-hybridized carbons (Fsp3) is 0.267. The second-order valence-corrected chi connectivity index (χ2v) is 8.24. The SMILES string of the molecule is O=C(c1ccc(S(=O)(=O)c2ccccc2)s1)N1CCNCC1. The minimum atomic E-state index is -3.55. The highest BCUT2D eigenvalue weighted by Gasteiger charge is 2.24. The molecular weight excluding hydrogens is 320 g/mol. The van der Waals surface area contributed by atoms with Gasteiger partial charge in [0.1, 0.15) is 4.21 Å². The molecule has 116 valence electrons. The predicted molar refractivity (Wildman–Crippen MR) is 85.0 cm³/mol. The molecule has 2 aromatic rings. The first-order valence-electron chi connectivity index (χ1n) is 6.99. The third kappa shape index (κ3) is 2.92. The first-order chi connectivity index (χ1) is 10.6. The molecule has 2 heterocycles. The van der Waals surface area contributed by atoms with Crippen molar-refractivity contribution in [2.24, 2.45) is 0 Å². The van der Waals surface area contributed by atoms with Crippen molar-refractivity contribution in [1.29, 1.82) is 0 Å². The largest absolute Gasteiger partial charge is 0.335 e. The molecule has 0 atom stereocenters. The van der Waals surface area contributed by atoms with Crippen LogP contribution in [0.15, 0.2) is 51.6 Å². The summed E-state index contributed by atoms with van der Waals surface area (Å²) in [4.78, 5) is 14.9. The number of sulfone groups is 1.